The van der Waals surface area contributed by atoms with Crippen LogP contribution in [0.15, 0.2) is 6.33 Å². The minimum Gasteiger partial charge on any atom is -0.331 e. The molecular weight excluding hydrogens is 250 g/mol. The number of amides is 1. The second-order valence-electron chi connectivity index (χ2n) is 4.10. The van der Waals surface area contributed by atoms with Crippen molar-refractivity contribution in [3.8, 4) is 0 Å². The van der Waals surface area contributed by atoms with E-state index in [1.54, 1.807) is 23.3 Å². The summed E-state index contributed by atoms with van der Waals surface area (Å²) in [6.45, 7) is 5.94. The normalized spacial score (nSPS) is 12.4. The molecule has 0 spiro atoms. The Morgan fingerprint density at radius 1 is 1.50 bits per heavy atom. The van der Waals surface area contributed by atoms with Gasteiger partial charge in [0.25, 0.3) is 5.91 Å². The predicted molar refractivity (Wildman–Crippen MR) is 68.5 cm³/mol. The Labute approximate surface area is 109 Å². The van der Waals surface area contributed by atoms with E-state index in [1.807, 2.05) is 20.8 Å². The quantitative estimate of drug-likeness (QED) is 0.916. The molecule has 18 heavy (non-hydrogen) atoms. The fraction of sp³-hybridized carbons (Fsp3) is 0.455. The molecule has 6 nitrogen and oxygen atoms in total. The molecule has 7 heteroatoms. The summed E-state index contributed by atoms with van der Waals surface area (Å²) < 4.78 is 0. The first kappa shape index (κ1) is 12.7. The van der Waals surface area contributed by atoms with Crippen LogP contribution in [0.5, 0.6) is 0 Å². The number of rotatable bonds is 3. The Balaban J connectivity index is 2.21. The zero-order valence-electron chi connectivity index (χ0n) is 10.8. The smallest absolute Gasteiger partial charge is 0.291 e. The summed E-state index contributed by atoms with van der Waals surface area (Å²) in [5, 5.41) is 7.27. The Morgan fingerprint density at radius 2 is 2.22 bits per heavy atom. The Bertz CT molecular complexity index is 548. The van der Waals surface area contributed by atoms with Crippen LogP contribution < -0.4 is 0 Å². The van der Waals surface area contributed by atoms with E-state index < -0.39 is 0 Å². The zero-order chi connectivity index (χ0) is 13.3. The maximum absolute atomic E-state index is 12.1. The third-order valence-electron chi connectivity index (χ3n) is 2.85. The first-order chi connectivity index (χ1) is 8.50. The van der Waals surface area contributed by atoms with E-state index in [4.69, 9.17) is 0 Å². The van der Waals surface area contributed by atoms with Crippen molar-refractivity contribution in [2.24, 2.45) is 0 Å². The van der Waals surface area contributed by atoms with Gasteiger partial charge in [-0.15, -0.1) is 11.3 Å². The molecule has 1 amide bonds. The van der Waals surface area contributed by atoms with E-state index in [0.717, 1.165) is 15.6 Å². The molecule has 0 fully saturated rings. The van der Waals surface area contributed by atoms with Crippen molar-refractivity contribution in [2.75, 3.05) is 7.05 Å². The van der Waals surface area contributed by atoms with Crippen molar-refractivity contribution in [1.29, 1.82) is 0 Å². The number of nitrogens with zero attached hydrogens (tertiary/aromatic N) is 4. The van der Waals surface area contributed by atoms with Gasteiger partial charge in [-0.2, -0.15) is 5.10 Å². The van der Waals surface area contributed by atoms with Crippen LogP contribution in [0.3, 0.4) is 0 Å². The van der Waals surface area contributed by atoms with E-state index in [2.05, 4.69) is 20.2 Å². The van der Waals surface area contributed by atoms with Crippen molar-refractivity contribution in [2.45, 2.75) is 26.8 Å². The number of thiazole rings is 1. The minimum absolute atomic E-state index is 0.0902. The van der Waals surface area contributed by atoms with Crippen molar-refractivity contribution in [3.05, 3.63) is 27.7 Å². The molecule has 2 aromatic heterocycles. The van der Waals surface area contributed by atoms with E-state index in [0.29, 0.717) is 0 Å². The first-order valence-electron chi connectivity index (χ1n) is 5.57. The number of carbonyl (C=O) groups is 1. The Kier molecular flexibility index (Phi) is 3.42. The lowest BCUT2D eigenvalue weighted by Gasteiger charge is -2.23. The van der Waals surface area contributed by atoms with Crippen LogP contribution in [0.25, 0.3) is 0 Å². The predicted octanol–water partition coefficient (Wildman–Crippen LogP) is 1.71. The number of carbonyl (C=O) groups excluding carboxylic acids is 1. The fourth-order valence-corrected chi connectivity index (χ4v) is 2.68. The number of hydrogen-bond donors (Lipinski definition) is 1. The van der Waals surface area contributed by atoms with Crippen molar-refractivity contribution < 1.29 is 4.79 Å². The molecule has 0 saturated heterocycles. The van der Waals surface area contributed by atoms with Gasteiger partial charge in [-0.25, -0.2) is 9.97 Å². The molecule has 0 saturated carbocycles. The van der Waals surface area contributed by atoms with Gasteiger partial charge in [0, 0.05) is 11.9 Å². The van der Waals surface area contributed by atoms with Gasteiger partial charge < -0.3 is 4.90 Å². The lowest BCUT2D eigenvalue weighted by molar-refractivity contribution is 0.0728. The molecule has 0 unspecified atom stereocenters. The molecule has 0 bridgehead atoms. The van der Waals surface area contributed by atoms with Crippen LogP contribution in [0.2, 0.25) is 0 Å². The molecule has 0 aliphatic carbocycles. The van der Waals surface area contributed by atoms with Crippen LogP contribution >= 0.6 is 11.3 Å². The van der Waals surface area contributed by atoms with Gasteiger partial charge >= 0.3 is 0 Å². The average molecular weight is 265 g/mol. The van der Waals surface area contributed by atoms with Crippen LogP contribution in [0.1, 0.15) is 39.2 Å². The summed E-state index contributed by atoms with van der Waals surface area (Å²) in [6, 6.07) is -0.0902. The maximum atomic E-state index is 12.1. The third kappa shape index (κ3) is 2.26. The minimum atomic E-state index is -0.190. The van der Waals surface area contributed by atoms with Gasteiger partial charge in [-0.3, -0.25) is 9.89 Å². The maximum Gasteiger partial charge on any atom is 0.291 e. The van der Waals surface area contributed by atoms with Crippen LogP contribution in [0, 0.1) is 13.8 Å². The SMILES string of the molecule is Cc1nc([C@@H](C)N(C)C(=O)c2ncn[nH]2)c(C)s1. The fourth-order valence-electron chi connectivity index (χ4n) is 1.77. The molecule has 2 rings (SSSR count). The highest BCUT2D eigenvalue weighted by molar-refractivity contribution is 7.11. The third-order valence-corrected chi connectivity index (χ3v) is 3.76. The highest BCUT2D eigenvalue weighted by Gasteiger charge is 2.24. The van der Waals surface area contributed by atoms with Crippen LogP contribution in [-0.2, 0) is 0 Å². The van der Waals surface area contributed by atoms with E-state index in [1.165, 1.54) is 6.33 Å². The summed E-state index contributed by atoms with van der Waals surface area (Å²) in [5.41, 5.74) is 0.938. The van der Waals surface area contributed by atoms with Crippen molar-refractivity contribution in [1.82, 2.24) is 25.1 Å². The number of aromatic amines is 1. The summed E-state index contributed by atoms with van der Waals surface area (Å²) >= 11 is 1.64. The lowest BCUT2D eigenvalue weighted by atomic mass is 10.2. The molecule has 1 N–H and O–H groups in total. The molecule has 2 heterocycles. The van der Waals surface area contributed by atoms with E-state index in [-0.39, 0.29) is 17.8 Å². The van der Waals surface area contributed by atoms with Gasteiger partial charge in [0.1, 0.15) is 6.33 Å². The summed E-state index contributed by atoms with van der Waals surface area (Å²) in [7, 11) is 1.74. The largest absolute Gasteiger partial charge is 0.331 e. The number of aromatic nitrogens is 4. The summed E-state index contributed by atoms with van der Waals surface area (Å²) in [4.78, 5) is 23.2. The van der Waals surface area contributed by atoms with E-state index >= 15 is 0 Å². The highest BCUT2D eigenvalue weighted by atomic mass is 32.1. The Hall–Kier alpha value is -1.76. The standard InChI is InChI=1S/C11H15N5OS/c1-6(9-7(2)18-8(3)14-9)16(4)11(17)10-12-5-13-15-10/h5-6H,1-4H3,(H,12,13,15)/t6-/m1/s1. The monoisotopic (exact) mass is 265 g/mol. The van der Waals surface area contributed by atoms with Crippen LogP contribution in [-0.4, -0.2) is 38.0 Å². The van der Waals surface area contributed by atoms with Gasteiger partial charge in [-0.1, -0.05) is 0 Å². The molecule has 0 aliphatic rings. The lowest BCUT2D eigenvalue weighted by Crippen LogP contribution is -2.31. The summed E-state index contributed by atoms with van der Waals surface area (Å²) in [6.07, 6.45) is 1.32. The average Bonchev–Trinajstić information content (AvgIpc) is 2.96. The molecule has 0 aromatic carbocycles. The second kappa shape index (κ2) is 4.85. The molecule has 1 atom stereocenters. The van der Waals surface area contributed by atoms with Crippen molar-refractivity contribution >= 4 is 17.2 Å². The number of nitrogens with one attached hydrogen (secondary N) is 1. The number of hydrogen-bond acceptors (Lipinski definition) is 5. The van der Waals surface area contributed by atoms with Crippen LogP contribution in [0.4, 0.5) is 0 Å². The number of H-pyrrole nitrogens is 1. The van der Waals surface area contributed by atoms with Gasteiger partial charge in [0.2, 0.25) is 5.82 Å². The molecule has 0 radical (unpaired) electrons. The molecule has 0 aliphatic heterocycles. The van der Waals surface area contributed by atoms with Gasteiger partial charge in [-0.05, 0) is 20.8 Å². The Morgan fingerprint density at radius 3 is 2.72 bits per heavy atom. The highest BCUT2D eigenvalue weighted by Crippen LogP contribution is 2.26. The van der Waals surface area contributed by atoms with Gasteiger partial charge in [0.15, 0.2) is 0 Å². The molecular formula is C11H15N5OS. The van der Waals surface area contributed by atoms with E-state index in [9.17, 15) is 4.79 Å². The first-order valence-corrected chi connectivity index (χ1v) is 6.38. The molecule has 96 valence electrons. The zero-order valence-corrected chi connectivity index (χ0v) is 11.6. The summed E-state index contributed by atoms with van der Waals surface area (Å²) in [5.74, 6) is 0.0546. The topological polar surface area (TPSA) is 74.8 Å². The molecule has 2 aromatic rings. The van der Waals surface area contributed by atoms with Gasteiger partial charge in [0.05, 0.1) is 16.7 Å². The second-order valence-corrected chi connectivity index (χ2v) is 5.51. The van der Waals surface area contributed by atoms with Crippen molar-refractivity contribution in [3.63, 3.8) is 0 Å². The number of aryl methyl sites for hydroxylation is 2.